The molecule has 2 fully saturated rings. The largest absolute Gasteiger partial charge is 0.361 e. The Morgan fingerprint density at radius 1 is 1.02 bits per heavy atom. The zero-order valence-corrected chi connectivity index (χ0v) is 23.9. The molecule has 4 aromatic heterocycles. The Morgan fingerprint density at radius 2 is 1.80 bits per heavy atom. The van der Waals surface area contributed by atoms with Gasteiger partial charge in [0, 0.05) is 24.7 Å². The van der Waals surface area contributed by atoms with E-state index < -0.39 is 9.84 Å². The summed E-state index contributed by atoms with van der Waals surface area (Å²) in [5, 5.41) is 3.19. The number of pyridine rings is 1. The minimum absolute atomic E-state index is 0.0147. The Balaban J connectivity index is 1.42. The normalized spacial score (nSPS) is 16.3. The van der Waals surface area contributed by atoms with Crippen molar-refractivity contribution < 1.29 is 8.42 Å². The molecule has 11 nitrogen and oxygen atoms in total. The third-order valence-corrected chi connectivity index (χ3v) is 9.47. The first kappa shape index (κ1) is 26.4. The molecular weight excluding hydrogens is 528 g/mol. The Morgan fingerprint density at radius 3 is 2.45 bits per heavy atom. The summed E-state index contributed by atoms with van der Waals surface area (Å²) in [5.41, 5.74) is 4.84. The van der Waals surface area contributed by atoms with Crippen LogP contribution < -0.4 is 10.9 Å². The van der Waals surface area contributed by atoms with E-state index in [2.05, 4.69) is 27.2 Å². The van der Waals surface area contributed by atoms with E-state index in [1.165, 1.54) is 12.3 Å². The fourth-order valence-electron chi connectivity index (χ4n) is 5.08. The van der Waals surface area contributed by atoms with Crippen LogP contribution >= 0.6 is 0 Å². The molecule has 1 N–H and O–H groups in total. The summed E-state index contributed by atoms with van der Waals surface area (Å²) in [6, 6.07) is 3.12. The molecule has 0 saturated heterocycles. The summed E-state index contributed by atoms with van der Waals surface area (Å²) in [4.78, 5) is 41.4. The smallest absolute Gasteiger partial charge is 0.295 e. The SMILES string of the molecule is CCS(=O)(=O)c1ccc(CNc2nc3c(C)nc(-c4c(C)ncnc4C4CC4)nc3n([C@@H](C)C3CC3)c2=O)cn1. The first-order chi connectivity index (χ1) is 19.2. The van der Waals surface area contributed by atoms with Crippen LogP contribution in [0.1, 0.15) is 74.1 Å². The third kappa shape index (κ3) is 4.85. The molecule has 40 heavy (non-hydrogen) atoms. The molecule has 4 heterocycles. The molecule has 6 rings (SSSR count). The Labute approximate surface area is 232 Å². The van der Waals surface area contributed by atoms with Crippen LogP contribution in [0, 0.1) is 19.8 Å². The lowest BCUT2D eigenvalue weighted by molar-refractivity contribution is 0.482. The molecule has 0 amide bonds. The van der Waals surface area contributed by atoms with Crippen molar-refractivity contribution in [3.05, 3.63) is 57.7 Å². The lowest BCUT2D eigenvalue weighted by Crippen LogP contribution is -2.29. The van der Waals surface area contributed by atoms with E-state index >= 15 is 0 Å². The molecule has 0 aliphatic heterocycles. The van der Waals surface area contributed by atoms with Crippen molar-refractivity contribution in [3.8, 4) is 11.4 Å². The average molecular weight is 561 g/mol. The van der Waals surface area contributed by atoms with Crippen LogP contribution in [-0.4, -0.2) is 48.6 Å². The zero-order chi connectivity index (χ0) is 28.2. The second-order valence-electron chi connectivity index (χ2n) is 10.8. The van der Waals surface area contributed by atoms with E-state index in [1.54, 1.807) is 23.9 Å². The summed E-state index contributed by atoms with van der Waals surface area (Å²) in [7, 11) is -3.38. The molecule has 12 heteroatoms. The van der Waals surface area contributed by atoms with Crippen molar-refractivity contribution in [2.75, 3.05) is 11.1 Å². The van der Waals surface area contributed by atoms with Gasteiger partial charge in [-0.05, 0) is 64.0 Å². The molecule has 0 aromatic carbocycles. The van der Waals surface area contributed by atoms with E-state index in [0.717, 1.165) is 48.2 Å². The van der Waals surface area contributed by atoms with Crippen LogP contribution in [-0.2, 0) is 16.4 Å². The molecule has 0 radical (unpaired) electrons. The Kier molecular flexibility index (Phi) is 6.60. The second kappa shape index (κ2) is 9.99. The van der Waals surface area contributed by atoms with E-state index in [-0.39, 0.29) is 34.7 Å². The number of aromatic nitrogens is 7. The third-order valence-electron chi connectivity index (χ3n) is 7.83. The van der Waals surface area contributed by atoms with Crippen LogP contribution in [0.25, 0.3) is 22.6 Å². The lowest BCUT2D eigenvalue weighted by Gasteiger charge is -2.20. The van der Waals surface area contributed by atoms with Gasteiger partial charge in [-0.2, -0.15) is 0 Å². The van der Waals surface area contributed by atoms with Crippen molar-refractivity contribution >= 4 is 26.8 Å². The minimum Gasteiger partial charge on any atom is -0.361 e. The summed E-state index contributed by atoms with van der Waals surface area (Å²) >= 11 is 0. The standard InChI is InChI=1S/C28H32N8O3S/c1-5-40(38,39)21-11-6-18(12-29-21)13-30-26-28(37)36(17(4)19-7-8-19)27-23(34-26)16(3)33-25(35-27)22-15(2)31-14-32-24(22)20-9-10-20/h6,11-12,14,17,19-20H,5,7-10,13H2,1-4H3,(H,30,34)/t17-/m0/s1. The van der Waals surface area contributed by atoms with E-state index in [4.69, 9.17) is 15.0 Å². The first-order valence-electron chi connectivity index (χ1n) is 13.7. The summed E-state index contributed by atoms with van der Waals surface area (Å²) in [6.45, 7) is 7.72. The molecule has 1 atom stereocenters. The highest BCUT2D eigenvalue weighted by Crippen LogP contribution is 2.44. The summed E-state index contributed by atoms with van der Waals surface area (Å²) in [6.07, 6.45) is 7.40. The van der Waals surface area contributed by atoms with Crippen LogP contribution in [0.3, 0.4) is 0 Å². The monoisotopic (exact) mass is 560 g/mol. The molecule has 2 saturated carbocycles. The van der Waals surface area contributed by atoms with Crippen LogP contribution in [0.15, 0.2) is 34.5 Å². The van der Waals surface area contributed by atoms with E-state index in [0.29, 0.717) is 34.5 Å². The quantitative estimate of drug-likeness (QED) is 0.320. The molecule has 0 unspecified atom stereocenters. The van der Waals surface area contributed by atoms with E-state index in [1.807, 2.05) is 13.8 Å². The van der Waals surface area contributed by atoms with Gasteiger partial charge in [0.2, 0.25) is 0 Å². The maximum Gasteiger partial charge on any atom is 0.295 e. The van der Waals surface area contributed by atoms with Gasteiger partial charge in [0.25, 0.3) is 5.56 Å². The number of fused-ring (bicyclic) bond motifs is 1. The van der Waals surface area contributed by atoms with Crippen molar-refractivity contribution in [2.24, 2.45) is 5.92 Å². The van der Waals surface area contributed by atoms with Crippen LogP contribution in [0.5, 0.6) is 0 Å². The van der Waals surface area contributed by atoms with Crippen molar-refractivity contribution in [1.82, 2.24) is 34.5 Å². The van der Waals surface area contributed by atoms with E-state index in [9.17, 15) is 13.2 Å². The van der Waals surface area contributed by atoms with Crippen molar-refractivity contribution in [3.63, 3.8) is 0 Å². The zero-order valence-electron chi connectivity index (χ0n) is 23.0. The Bertz CT molecular complexity index is 1780. The van der Waals surface area contributed by atoms with Gasteiger partial charge < -0.3 is 5.32 Å². The summed E-state index contributed by atoms with van der Waals surface area (Å²) < 4.78 is 25.9. The number of nitrogens with one attached hydrogen (secondary N) is 1. The molecule has 0 spiro atoms. The van der Waals surface area contributed by atoms with Gasteiger partial charge >= 0.3 is 0 Å². The molecular formula is C28H32N8O3S. The fraction of sp³-hybridized carbons (Fsp3) is 0.464. The number of sulfone groups is 1. The second-order valence-corrected chi connectivity index (χ2v) is 13.0. The fourth-order valence-corrected chi connectivity index (χ4v) is 5.87. The number of aryl methyl sites for hydroxylation is 2. The van der Waals surface area contributed by atoms with Gasteiger partial charge in [-0.25, -0.2) is 38.3 Å². The molecule has 208 valence electrons. The van der Waals surface area contributed by atoms with Crippen molar-refractivity contribution in [1.29, 1.82) is 0 Å². The van der Waals surface area contributed by atoms with Gasteiger partial charge in [-0.15, -0.1) is 0 Å². The highest BCUT2D eigenvalue weighted by molar-refractivity contribution is 7.91. The number of hydrogen-bond donors (Lipinski definition) is 1. The number of nitrogens with zero attached hydrogens (tertiary/aromatic N) is 7. The Hall–Kier alpha value is -3.80. The van der Waals surface area contributed by atoms with Crippen LogP contribution in [0.4, 0.5) is 5.82 Å². The minimum atomic E-state index is -3.38. The number of hydrogen-bond acceptors (Lipinski definition) is 10. The lowest BCUT2D eigenvalue weighted by atomic mass is 10.1. The van der Waals surface area contributed by atoms with Crippen molar-refractivity contribution in [2.45, 2.75) is 76.9 Å². The first-order valence-corrected chi connectivity index (χ1v) is 15.4. The highest BCUT2D eigenvalue weighted by Gasteiger charge is 2.33. The van der Waals surface area contributed by atoms with Crippen LogP contribution in [0.2, 0.25) is 0 Å². The predicted octanol–water partition coefficient (Wildman–Crippen LogP) is 3.91. The van der Waals surface area contributed by atoms with Gasteiger partial charge in [0.1, 0.15) is 11.8 Å². The molecule has 2 aliphatic carbocycles. The molecule has 0 bridgehead atoms. The molecule has 4 aromatic rings. The topological polar surface area (TPSA) is 146 Å². The van der Waals surface area contributed by atoms with Gasteiger partial charge in [-0.1, -0.05) is 13.0 Å². The summed E-state index contributed by atoms with van der Waals surface area (Å²) in [5.74, 6) is 1.49. The average Bonchev–Trinajstić information content (AvgIpc) is 3.85. The highest BCUT2D eigenvalue weighted by atomic mass is 32.2. The maximum absolute atomic E-state index is 13.9. The number of rotatable bonds is 9. The van der Waals surface area contributed by atoms with Gasteiger partial charge in [0.15, 0.2) is 32.2 Å². The predicted molar refractivity (Wildman–Crippen MR) is 151 cm³/mol. The van der Waals surface area contributed by atoms with Gasteiger partial charge in [-0.3, -0.25) is 9.36 Å². The maximum atomic E-state index is 13.9. The molecule has 2 aliphatic rings. The van der Waals surface area contributed by atoms with Gasteiger partial charge in [0.05, 0.1) is 28.4 Å². The number of anilines is 1.